The van der Waals surface area contributed by atoms with Gasteiger partial charge in [-0.1, -0.05) is 20.8 Å². The molecule has 20 heavy (non-hydrogen) atoms. The zero-order chi connectivity index (χ0) is 15.8. The smallest absolute Gasteiger partial charge is 0.326 e. The van der Waals surface area contributed by atoms with Crippen LogP contribution in [0.15, 0.2) is 0 Å². The van der Waals surface area contributed by atoms with Gasteiger partial charge in [-0.15, -0.1) is 0 Å². The minimum absolute atomic E-state index is 0.0331. The van der Waals surface area contributed by atoms with Crippen LogP contribution in [0.2, 0.25) is 0 Å². The average Bonchev–Trinajstić information content (AvgIpc) is 2.47. The fraction of sp³-hybridized carbons (Fsp3) is 0.833. The second kappa shape index (κ2) is 5.23. The van der Waals surface area contributed by atoms with Crippen molar-refractivity contribution in [1.82, 2.24) is 10.6 Å². The zero-order valence-electron chi connectivity index (χ0n) is 12.2. The average molecular weight is 306 g/mol. The van der Waals surface area contributed by atoms with Crippen LogP contribution in [-0.4, -0.2) is 48.6 Å². The number of carboxylic acids is 1. The van der Waals surface area contributed by atoms with Gasteiger partial charge in [-0.3, -0.25) is 0 Å². The van der Waals surface area contributed by atoms with E-state index in [1.165, 1.54) is 0 Å². The van der Waals surface area contributed by atoms with Crippen molar-refractivity contribution in [3.05, 3.63) is 0 Å². The number of rotatable bonds is 3. The maximum absolute atomic E-state index is 11.9. The Morgan fingerprint density at radius 3 is 2.20 bits per heavy atom. The van der Waals surface area contributed by atoms with Gasteiger partial charge in [0.05, 0.1) is 17.0 Å². The summed E-state index contributed by atoms with van der Waals surface area (Å²) in [7, 11) is -3.13. The third kappa shape index (κ3) is 4.36. The van der Waals surface area contributed by atoms with Gasteiger partial charge in [0, 0.05) is 0 Å². The summed E-state index contributed by atoms with van der Waals surface area (Å²) in [4.78, 5) is 23.1. The minimum Gasteiger partial charge on any atom is -0.480 e. The van der Waals surface area contributed by atoms with Crippen molar-refractivity contribution in [1.29, 1.82) is 0 Å². The largest absolute Gasteiger partial charge is 0.480 e. The summed E-state index contributed by atoms with van der Waals surface area (Å²) < 4.78 is 22.9. The summed E-state index contributed by atoms with van der Waals surface area (Å²) in [6, 6.07) is -1.71. The molecule has 0 radical (unpaired) electrons. The molecule has 2 atom stereocenters. The van der Waals surface area contributed by atoms with E-state index in [4.69, 9.17) is 5.11 Å². The third-order valence-electron chi connectivity index (χ3n) is 3.31. The Bertz CT molecular complexity index is 508. The van der Waals surface area contributed by atoms with Gasteiger partial charge >= 0.3 is 12.0 Å². The van der Waals surface area contributed by atoms with Crippen molar-refractivity contribution in [2.24, 2.45) is 5.41 Å². The second-order valence-electron chi connectivity index (χ2n) is 6.64. The standard InChI is InChI=1S/C12H22N2O5S/c1-11(2,3)8(9(15)16)13-10(17)14-12(4)5-6-20(18,19)7-12/h8H,5-7H2,1-4H3,(H,15,16)(H2,13,14,17). The summed E-state index contributed by atoms with van der Waals surface area (Å²) in [6.45, 7) is 6.75. The number of amides is 2. The highest BCUT2D eigenvalue weighted by Crippen LogP contribution is 2.23. The fourth-order valence-corrected chi connectivity index (χ4v) is 4.29. The molecular formula is C12H22N2O5S. The topological polar surface area (TPSA) is 113 Å². The lowest BCUT2D eigenvalue weighted by molar-refractivity contribution is -0.141. The molecule has 0 aromatic carbocycles. The summed E-state index contributed by atoms with van der Waals surface area (Å²) in [5.41, 5.74) is -1.49. The van der Waals surface area contributed by atoms with Crippen LogP contribution in [0.25, 0.3) is 0 Å². The number of hydrogen-bond donors (Lipinski definition) is 3. The van der Waals surface area contributed by atoms with E-state index in [9.17, 15) is 18.0 Å². The Morgan fingerprint density at radius 1 is 1.30 bits per heavy atom. The third-order valence-corrected chi connectivity index (χ3v) is 5.21. The Balaban J connectivity index is 2.71. The van der Waals surface area contributed by atoms with Gasteiger partial charge in [-0.25, -0.2) is 18.0 Å². The minimum atomic E-state index is -3.13. The van der Waals surface area contributed by atoms with Crippen LogP contribution in [-0.2, 0) is 14.6 Å². The van der Waals surface area contributed by atoms with Crippen LogP contribution in [0.3, 0.4) is 0 Å². The molecule has 1 heterocycles. The number of carbonyl (C=O) groups is 2. The van der Waals surface area contributed by atoms with Crippen molar-refractivity contribution in [2.75, 3.05) is 11.5 Å². The fourth-order valence-electron chi connectivity index (χ4n) is 2.20. The molecule has 1 saturated heterocycles. The monoisotopic (exact) mass is 306 g/mol. The van der Waals surface area contributed by atoms with Crippen molar-refractivity contribution in [3.8, 4) is 0 Å². The van der Waals surface area contributed by atoms with E-state index in [2.05, 4.69) is 10.6 Å². The summed E-state index contributed by atoms with van der Waals surface area (Å²) in [5, 5.41) is 14.1. The van der Waals surface area contributed by atoms with Gasteiger partial charge in [0.2, 0.25) is 0 Å². The van der Waals surface area contributed by atoms with E-state index in [0.717, 1.165) is 0 Å². The first-order valence-corrected chi connectivity index (χ1v) is 8.19. The molecule has 0 spiro atoms. The number of hydrogen-bond acceptors (Lipinski definition) is 4. The van der Waals surface area contributed by atoms with Crippen molar-refractivity contribution < 1.29 is 23.1 Å². The Hall–Kier alpha value is -1.31. The van der Waals surface area contributed by atoms with Crippen LogP contribution in [0.5, 0.6) is 0 Å². The molecule has 0 aromatic heterocycles. The molecule has 0 saturated carbocycles. The van der Waals surface area contributed by atoms with E-state index < -0.39 is 38.8 Å². The highest BCUT2D eigenvalue weighted by molar-refractivity contribution is 7.91. The number of sulfone groups is 1. The maximum atomic E-state index is 11.9. The molecule has 0 bridgehead atoms. The molecule has 0 aromatic rings. The number of urea groups is 1. The van der Waals surface area contributed by atoms with Gasteiger partial charge in [0.1, 0.15) is 6.04 Å². The molecule has 2 amide bonds. The first kappa shape index (κ1) is 16.7. The molecule has 1 aliphatic rings. The lowest BCUT2D eigenvalue weighted by atomic mass is 9.87. The Labute approximate surface area is 119 Å². The number of aliphatic carboxylic acids is 1. The molecule has 116 valence electrons. The van der Waals surface area contributed by atoms with E-state index >= 15 is 0 Å². The SMILES string of the molecule is CC1(NC(=O)NC(C(=O)O)C(C)(C)C)CCS(=O)(=O)C1. The molecular weight excluding hydrogens is 284 g/mol. The predicted molar refractivity (Wildman–Crippen MR) is 74.2 cm³/mol. The highest BCUT2D eigenvalue weighted by Gasteiger charge is 2.40. The van der Waals surface area contributed by atoms with E-state index in [-0.39, 0.29) is 11.5 Å². The molecule has 3 N–H and O–H groups in total. The zero-order valence-corrected chi connectivity index (χ0v) is 13.0. The lowest BCUT2D eigenvalue weighted by Gasteiger charge is -2.30. The summed E-state index contributed by atoms with van der Waals surface area (Å²) in [5.74, 6) is -1.22. The van der Waals surface area contributed by atoms with Gasteiger partial charge < -0.3 is 15.7 Å². The number of carboxylic acid groups (broad SMARTS) is 1. The normalized spacial score (nSPS) is 26.8. The summed E-state index contributed by atoms with van der Waals surface area (Å²) >= 11 is 0. The van der Waals surface area contributed by atoms with Crippen LogP contribution >= 0.6 is 0 Å². The second-order valence-corrected chi connectivity index (χ2v) is 8.82. The number of nitrogens with one attached hydrogen (secondary N) is 2. The molecule has 0 aliphatic carbocycles. The molecule has 1 fully saturated rings. The van der Waals surface area contributed by atoms with E-state index in [1.807, 2.05) is 0 Å². The summed E-state index contributed by atoms with van der Waals surface area (Å²) in [6.07, 6.45) is 0.329. The van der Waals surface area contributed by atoms with E-state index in [0.29, 0.717) is 6.42 Å². The number of carbonyl (C=O) groups excluding carboxylic acids is 1. The van der Waals surface area contributed by atoms with Crippen LogP contribution < -0.4 is 10.6 Å². The van der Waals surface area contributed by atoms with Gasteiger partial charge in [0.15, 0.2) is 9.84 Å². The predicted octanol–water partition coefficient (Wildman–Crippen LogP) is 0.362. The van der Waals surface area contributed by atoms with Crippen LogP contribution in [0, 0.1) is 5.41 Å². The van der Waals surface area contributed by atoms with Crippen LogP contribution in [0.4, 0.5) is 4.79 Å². The van der Waals surface area contributed by atoms with Crippen molar-refractivity contribution >= 4 is 21.8 Å². The van der Waals surface area contributed by atoms with Crippen LogP contribution in [0.1, 0.15) is 34.1 Å². The molecule has 1 rings (SSSR count). The van der Waals surface area contributed by atoms with Gasteiger partial charge in [0.25, 0.3) is 0 Å². The Kier molecular flexibility index (Phi) is 4.38. The molecule has 1 aliphatic heterocycles. The van der Waals surface area contributed by atoms with Crippen molar-refractivity contribution in [3.63, 3.8) is 0 Å². The van der Waals surface area contributed by atoms with Crippen molar-refractivity contribution in [2.45, 2.75) is 45.7 Å². The first-order valence-electron chi connectivity index (χ1n) is 6.37. The van der Waals surface area contributed by atoms with Gasteiger partial charge in [-0.05, 0) is 18.8 Å². The first-order chi connectivity index (χ1) is 8.85. The van der Waals surface area contributed by atoms with E-state index in [1.54, 1.807) is 27.7 Å². The molecule has 2 unspecified atom stereocenters. The molecule has 8 heteroatoms. The highest BCUT2D eigenvalue weighted by atomic mass is 32.2. The maximum Gasteiger partial charge on any atom is 0.326 e. The lowest BCUT2D eigenvalue weighted by Crippen LogP contribution is -2.57. The Morgan fingerprint density at radius 2 is 1.85 bits per heavy atom. The van der Waals surface area contributed by atoms with Gasteiger partial charge in [-0.2, -0.15) is 0 Å². The molecule has 7 nitrogen and oxygen atoms in total. The quantitative estimate of drug-likeness (QED) is 0.697.